The quantitative estimate of drug-likeness (QED) is 0.101. The van der Waals surface area contributed by atoms with Gasteiger partial charge in [0.25, 0.3) is 0 Å². The Morgan fingerprint density at radius 1 is 0.133 bits per heavy atom. The normalized spacial score (nSPS) is 11.7. The third-order valence-corrected chi connectivity index (χ3v) is 32.3. The molecule has 9 aromatic heterocycles. The Morgan fingerprint density at radius 2 is 0.407 bits per heavy atom. The van der Waals surface area contributed by atoms with E-state index in [1.54, 1.807) is 0 Å². The van der Waals surface area contributed by atoms with Crippen molar-refractivity contribution in [3.63, 3.8) is 0 Å². The third-order valence-electron chi connectivity index (χ3n) is 28.7. The number of para-hydroxylation sites is 3. The van der Waals surface area contributed by atoms with Crippen LogP contribution in [-0.4, -0.2) is 44.9 Å². The SMILES string of the molecule is c1ccc(-c2nc(-c3ccc(-c4cccc5c4sc4ccccc45)c(-c4ccccc4)c3)nc(-c3ccc4c(c3)oc3ccccc34)n2)cc1.c1ccc(-c2nc(-c3ccc4c(c3)oc3ccccc34)nc(-c3ccc(-c4cccc5c4sc4ccccc45)c4ccc5ccccc5c34)n2)cc1.c1ccc(-c2nc(-c3ccc4c(c3)oc3ccccc34)nc(-c3ccc(-c4cccc5c4sc4ccccc45)c4ccccc34)n2)cc1. The third kappa shape index (κ3) is 15.4. The first-order valence-corrected chi connectivity index (χ1v) is 52.4. The van der Waals surface area contributed by atoms with Crippen LogP contribution in [0.15, 0.2) is 492 Å². The Bertz CT molecular complexity index is 10900. The highest BCUT2D eigenvalue weighted by atomic mass is 32.1. The Labute approximate surface area is 870 Å². The number of thiophene rings is 3. The zero-order valence-electron chi connectivity index (χ0n) is 80.1. The standard InChI is InChI=1S/C47H27N3OS.C45H27N3OS.C43H25N3OS/c1-2-12-29(13-3-1)45-48-46(30-22-23-34-33-15-6-8-19-40(33)51-41(34)27-30)50-47(49-45)39-26-25-32(36-24-21-28-11-4-5-14-31(28)43(36)39)37-17-10-18-38-35-16-7-9-20-42(35)52-44(37)38;1-3-12-28(13-4-1)38-26-30(22-24-32(38)36-18-11-19-37-35-17-8-10-21-41(35)50-42(36)37)44-46-43(29-14-5-2-6-15-29)47-45(48-44)31-23-25-34-33-16-7-9-20-39(33)49-40(34)27-31;1-2-11-26(12-3-1)41-44-42(27-21-22-32-31-15-6-8-19-37(31)47-38(32)25-27)46-43(45-41)36-24-23-30(28-13-4-5-14-29(28)36)34-17-10-18-35-33-16-7-9-20-39(33)48-40(34)35/h1-27H;1-27H;1-25H. The van der Waals surface area contributed by atoms with Crippen LogP contribution >= 0.6 is 34.0 Å². The van der Waals surface area contributed by atoms with E-state index in [4.69, 9.17) is 58.1 Å². The lowest BCUT2D eigenvalue weighted by Crippen LogP contribution is -2.01. The molecule has 0 N–H and O–H groups in total. The number of rotatable bonds is 13. The first kappa shape index (κ1) is 87.3. The van der Waals surface area contributed by atoms with Crippen molar-refractivity contribution in [1.82, 2.24) is 44.9 Å². The number of nitrogens with zero attached hydrogens (tertiary/aromatic N) is 9. The molecule has 0 atom stereocenters. The predicted molar refractivity (Wildman–Crippen MR) is 623 cm³/mol. The summed E-state index contributed by atoms with van der Waals surface area (Å²) >= 11 is 5.56. The maximum absolute atomic E-state index is 6.28. The molecule has 0 saturated carbocycles. The van der Waals surface area contributed by atoms with Gasteiger partial charge in [-0.3, -0.25) is 0 Å². The van der Waals surface area contributed by atoms with E-state index in [1.165, 1.54) is 99.3 Å². The first-order chi connectivity index (χ1) is 74.3. The lowest BCUT2D eigenvalue weighted by molar-refractivity contribution is 0.668. The molecule has 0 radical (unpaired) electrons. The van der Waals surface area contributed by atoms with Gasteiger partial charge in [0.05, 0.1) is 0 Å². The highest BCUT2D eigenvalue weighted by Crippen LogP contribution is 2.51. The van der Waals surface area contributed by atoms with Gasteiger partial charge in [-0.2, -0.15) is 0 Å². The molecule has 31 rings (SSSR count). The fraction of sp³-hybridized carbons (Fsp3) is 0. The van der Waals surface area contributed by atoms with Gasteiger partial charge >= 0.3 is 0 Å². The Morgan fingerprint density at radius 3 is 0.827 bits per heavy atom. The van der Waals surface area contributed by atoms with Gasteiger partial charge in [-0.15, -0.1) is 34.0 Å². The Kier molecular flexibility index (Phi) is 21.2. The lowest BCUT2D eigenvalue weighted by atomic mass is 9.90. The molecule has 0 aliphatic heterocycles. The molecule has 9 heterocycles. The van der Waals surface area contributed by atoms with Crippen LogP contribution in [0, 0.1) is 0 Å². The fourth-order valence-electron chi connectivity index (χ4n) is 21.6. The lowest BCUT2D eigenvalue weighted by Gasteiger charge is -2.15. The predicted octanol–water partition coefficient (Wildman–Crippen LogP) is 37.5. The van der Waals surface area contributed by atoms with Gasteiger partial charge < -0.3 is 13.3 Å². The van der Waals surface area contributed by atoms with E-state index in [0.717, 1.165) is 154 Å². The Hall–Kier alpha value is -19.3. The number of furan rings is 3. The van der Waals surface area contributed by atoms with Crippen molar-refractivity contribution in [2.45, 2.75) is 0 Å². The molecule has 0 fully saturated rings. The number of fused-ring (bicyclic) bond motifs is 22. The number of hydrogen-bond acceptors (Lipinski definition) is 15. The van der Waals surface area contributed by atoms with E-state index in [2.05, 4.69) is 315 Å². The summed E-state index contributed by atoms with van der Waals surface area (Å²) < 4.78 is 26.5. The molecule has 700 valence electrons. The van der Waals surface area contributed by atoms with Crippen molar-refractivity contribution in [3.05, 3.63) is 479 Å². The van der Waals surface area contributed by atoms with Crippen LogP contribution in [0.2, 0.25) is 0 Å². The molecule has 0 amide bonds. The smallest absolute Gasteiger partial charge is 0.164 e. The summed E-state index contributed by atoms with van der Waals surface area (Å²) in [7, 11) is 0. The molecule has 15 heteroatoms. The van der Waals surface area contributed by atoms with Gasteiger partial charge in [-0.25, -0.2) is 44.9 Å². The van der Waals surface area contributed by atoms with Crippen LogP contribution < -0.4 is 0 Å². The van der Waals surface area contributed by atoms with Crippen molar-refractivity contribution in [1.29, 1.82) is 0 Å². The topological polar surface area (TPSA) is 155 Å². The molecule has 150 heavy (non-hydrogen) atoms. The Balaban J connectivity index is 0.000000106. The van der Waals surface area contributed by atoms with E-state index in [0.29, 0.717) is 52.4 Å². The number of hydrogen-bond donors (Lipinski definition) is 0. The summed E-state index contributed by atoms with van der Waals surface area (Å²) in [6.45, 7) is 0. The summed E-state index contributed by atoms with van der Waals surface area (Å²) in [6.07, 6.45) is 0. The zero-order chi connectivity index (χ0) is 98.8. The van der Waals surface area contributed by atoms with Gasteiger partial charge in [0, 0.05) is 165 Å². The zero-order valence-corrected chi connectivity index (χ0v) is 82.5. The fourth-order valence-corrected chi connectivity index (χ4v) is 25.2. The van der Waals surface area contributed by atoms with Gasteiger partial charge in [0.15, 0.2) is 52.4 Å². The second kappa shape index (κ2) is 36.5. The average molecular weight is 1970 g/mol. The second-order valence-electron chi connectivity index (χ2n) is 37.5. The van der Waals surface area contributed by atoms with Crippen molar-refractivity contribution >= 4 is 193 Å². The molecular weight excluding hydrogens is 1890 g/mol. The van der Waals surface area contributed by atoms with Crippen molar-refractivity contribution < 1.29 is 13.3 Å². The van der Waals surface area contributed by atoms with Gasteiger partial charge in [-0.05, 0) is 146 Å². The molecule has 0 bridgehead atoms. The molecular formula is C135H79N9O3S3. The van der Waals surface area contributed by atoms with E-state index >= 15 is 0 Å². The summed E-state index contributed by atoms with van der Waals surface area (Å²) in [4.78, 5) is 45.9. The molecule has 0 saturated heterocycles. The summed E-state index contributed by atoms with van der Waals surface area (Å²) in [5, 5.41) is 21.1. The largest absolute Gasteiger partial charge is 0.456 e. The minimum Gasteiger partial charge on any atom is -0.456 e. The van der Waals surface area contributed by atoms with E-state index in [9.17, 15) is 0 Å². The maximum Gasteiger partial charge on any atom is 0.164 e. The van der Waals surface area contributed by atoms with Gasteiger partial charge in [-0.1, -0.05) is 388 Å². The molecule has 22 aromatic carbocycles. The molecule has 0 aliphatic rings. The highest BCUT2D eigenvalue weighted by Gasteiger charge is 2.27. The molecule has 0 unspecified atom stereocenters. The second-order valence-corrected chi connectivity index (χ2v) is 40.6. The molecule has 31 aromatic rings. The molecule has 0 aliphatic carbocycles. The van der Waals surface area contributed by atoms with Crippen LogP contribution in [0.25, 0.3) is 306 Å². The van der Waals surface area contributed by atoms with Crippen molar-refractivity contribution in [2.24, 2.45) is 0 Å². The summed E-state index contributed by atoms with van der Waals surface area (Å²) in [5.74, 6) is 5.53. The highest BCUT2D eigenvalue weighted by molar-refractivity contribution is 7.27. The van der Waals surface area contributed by atoms with Crippen molar-refractivity contribution in [2.75, 3.05) is 0 Å². The maximum atomic E-state index is 6.28. The minimum atomic E-state index is 0.594. The van der Waals surface area contributed by atoms with Crippen LogP contribution in [0.1, 0.15) is 0 Å². The monoisotopic (exact) mass is 1970 g/mol. The summed E-state index contributed by atoms with van der Waals surface area (Å²) in [5.41, 5.74) is 22.7. The van der Waals surface area contributed by atoms with E-state index < -0.39 is 0 Å². The van der Waals surface area contributed by atoms with Gasteiger partial charge in [0.1, 0.15) is 33.5 Å². The van der Waals surface area contributed by atoms with E-state index in [-0.39, 0.29) is 0 Å². The first-order valence-electron chi connectivity index (χ1n) is 49.9. The molecule has 0 spiro atoms. The summed E-state index contributed by atoms with van der Waals surface area (Å²) in [6, 6.07) is 167. The van der Waals surface area contributed by atoms with Crippen LogP contribution in [-0.2, 0) is 0 Å². The molecule has 12 nitrogen and oxygen atoms in total. The number of aromatic nitrogens is 9. The van der Waals surface area contributed by atoms with Crippen LogP contribution in [0.4, 0.5) is 0 Å². The minimum absolute atomic E-state index is 0.594. The van der Waals surface area contributed by atoms with Gasteiger partial charge in [0.2, 0.25) is 0 Å². The van der Waals surface area contributed by atoms with Crippen LogP contribution in [0.3, 0.4) is 0 Å². The van der Waals surface area contributed by atoms with E-state index in [1.807, 2.05) is 198 Å². The van der Waals surface area contributed by atoms with Crippen LogP contribution in [0.5, 0.6) is 0 Å². The van der Waals surface area contributed by atoms with Crippen molar-refractivity contribution in [3.8, 4) is 147 Å². The number of benzene rings is 22. The average Bonchev–Trinajstić information content (AvgIpc) is 1.19.